The van der Waals surface area contributed by atoms with Crippen molar-refractivity contribution < 1.29 is 0 Å². The minimum atomic E-state index is -0.242. The average molecular weight is 448 g/mol. The molecule has 158 valence electrons. The summed E-state index contributed by atoms with van der Waals surface area (Å²) < 4.78 is 0. The molecule has 0 aliphatic carbocycles. The standard InChI is InChI=1S/C26H17N5OS/c1-15-7-10-22(33-15)24-23(17-8-9-19-16(13-17)5-4-12-27-19)29-21-14-18(20-6-2-3-11-28-20)26(32)31-25(21)30-24/h2-14H,1H3,(H,30,31,32). The Morgan fingerprint density at radius 2 is 1.73 bits per heavy atom. The van der Waals surface area contributed by atoms with E-state index in [-0.39, 0.29) is 5.56 Å². The molecule has 5 aromatic heterocycles. The number of pyridine rings is 3. The van der Waals surface area contributed by atoms with Crippen molar-refractivity contribution in [3.05, 3.63) is 94.4 Å². The van der Waals surface area contributed by atoms with Gasteiger partial charge in [0, 0.05) is 28.2 Å². The van der Waals surface area contributed by atoms with Gasteiger partial charge >= 0.3 is 0 Å². The lowest BCUT2D eigenvalue weighted by molar-refractivity contribution is 1.19. The van der Waals surface area contributed by atoms with E-state index in [1.165, 1.54) is 4.88 Å². The second kappa shape index (κ2) is 7.72. The van der Waals surface area contributed by atoms with Crippen molar-refractivity contribution in [2.45, 2.75) is 6.92 Å². The lowest BCUT2D eigenvalue weighted by Gasteiger charge is -2.10. The molecule has 0 amide bonds. The molecule has 7 heteroatoms. The maximum absolute atomic E-state index is 12.8. The fourth-order valence-corrected chi connectivity index (χ4v) is 4.75. The first-order chi connectivity index (χ1) is 16.2. The zero-order valence-corrected chi connectivity index (χ0v) is 18.4. The van der Waals surface area contributed by atoms with Crippen LogP contribution in [0.5, 0.6) is 0 Å². The van der Waals surface area contributed by atoms with Crippen molar-refractivity contribution in [1.82, 2.24) is 24.9 Å². The van der Waals surface area contributed by atoms with Gasteiger partial charge in [-0.2, -0.15) is 0 Å². The van der Waals surface area contributed by atoms with Crippen LogP contribution in [0.4, 0.5) is 0 Å². The zero-order valence-electron chi connectivity index (χ0n) is 17.6. The number of benzene rings is 1. The maximum atomic E-state index is 12.8. The molecule has 6 aromatic rings. The molecular weight excluding hydrogens is 430 g/mol. The minimum absolute atomic E-state index is 0.242. The smallest absolute Gasteiger partial charge is 0.259 e. The van der Waals surface area contributed by atoms with Crippen molar-refractivity contribution >= 4 is 33.4 Å². The van der Waals surface area contributed by atoms with E-state index in [1.54, 1.807) is 29.8 Å². The molecule has 0 fully saturated rings. The van der Waals surface area contributed by atoms with E-state index in [1.807, 2.05) is 48.5 Å². The molecule has 1 N–H and O–H groups in total. The molecule has 33 heavy (non-hydrogen) atoms. The predicted molar refractivity (Wildman–Crippen MR) is 132 cm³/mol. The van der Waals surface area contributed by atoms with E-state index in [9.17, 15) is 4.79 Å². The first-order valence-electron chi connectivity index (χ1n) is 10.4. The molecule has 0 saturated heterocycles. The summed E-state index contributed by atoms with van der Waals surface area (Å²) in [5.74, 6) is 0. The highest BCUT2D eigenvalue weighted by molar-refractivity contribution is 7.15. The van der Waals surface area contributed by atoms with Crippen LogP contribution in [0.3, 0.4) is 0 Å². The van der Waals surface area contributed by atoms with Gasteiger partial charge in [0.15, 0.2) is 5.65 Å². The number of H-pyrrole nitrogens is 1. The highest BCUT2D eigenvalue weighted by Crippen LogP contribution is 2.35. The Bertz CT molecular complexity index is 1710. The average Bonchev–Trinajstić information content (AvgIpc) is 3.29. The summed E-state index contributed by atoms with van der Waals surface area (Å²) in [5.41, 5.74) is 5.24. The van der Waals surface area contributed by atoms with E-state index < -0.39 is 0 Å². The number of nitrogens with zero attached hydrogens (tertiary/aromatic N) is 4. The molecule has 0 atom stereocenters. The van der Waals surface area contributed by atoms with Gasteiger partial charge in [-0.25, -0.2) is 9.97 Å². The van der Waals surface area contributed by atoms with Crippen LogP contribution in [0.25, 0.3) is 55.2 Å². The van der Waals surface area contributed by atoms with E-state index in [0.29, 0.717) is 22.4 Å². The second-order valence-electron chi connectivity index (χ2n) is 7.70. The Labute approximate surface area is 192 Å². The predicted octanol–water partition coefficient (Wildman–Crippen LogP) is 5.63. The van der Waals surface area contributed by atoms with Crippen molar-refractivity contribution in [3.63, 3.8) is 0 Å². The number of fused-ring (bicyclic) bond motifs is 2. The lowest BCUT2D eigenvalue weighted by atomic mass is 10.1. The molecule has 0 aliphatic heterocycles. The van der Waals surface area contributed by atoms with E-state index in [2.05, 4.69) is 34.0 Å². The third-order valence-electron chi connectivity index (χ3n) is 5.47. The van der Waals surface area contributed by atoms with Gasteiger partial charge in [-0.1, -0.05) is 18.2 Å². The Kier molecular flexibility index (Phi) is 4.55. The largest absolute Gasteiger partial charge is 0.305 e. The minimum Gasteiger partial charge on any atom is -0.305 e. The number of hydrogen-bond donors (Lipinski definition) is 1. The normalized spacial score (nSPS) is 11.3. The van der Waals surface area contributed by atoms with Crippen LogP contribution in [-0.4, -0.2) is 24.9 Å². The van der Waals surface area contributed by atoms with Crippen LogP contribution in [0.15, 0.2) is 83.9 Å². The first-order valence-corrected chi connectivity index (χ1v) is 11.3. The second-order valence-corrected chi connectivity index (χ2v) is 8.99. The molecule has 0 unspecified atom stereocenters. The van der Waals surface area contributed by atoms with Gasteiger partial charge in [0.1, 0.15) is 11.2 Å². The Hall–Kier alpha value is -4.23. The number of aromatic amines is 1. The number of nitrogens with one attached hydrogen (secondary N) is 1. The zero-order chi connectivity index (χ0) is 22.4. The Balaban J connectivity index is 1.63. The van der Waals surface area contributed by atoms with Gasteiger partial charge in [-0.15, -0.1) is 11.3 Å². The van der Waals surface area contributed by atoms with Gasteiger partial charge < -0.3 is 4.98 Å². The van der Waals surface area contributed by atoms with Crippen LogP contribution in [0.2, 0.25) is 0 Å². The van der Waals surface area contributed by atoms with Gasteiger partial charge in [0.25, 0.3) is 5.56 Å². The molecule has 0 bridgehead atoms. The summed E-state index contributed by atoms with van der Waals surface area (Å²) in [6.07, 6.45) is 3.45. The van der Waals surface area contributed by atoms with Crippen LogP contribution in [0.1, 0.15) is 4.88 Å². The third kappa shape index (κ3) is 3.48. The fraction of sp³-hybridized carbons (Fsp3) is 0.0385. The SMILES string of the molecule is Cc1ccc(-c2nc3[nH]c(=O)c(-c4ccccn4)cc3nc2-c2ccc3ncccc3c2)s1. The van der Waals surface area contributed by atoms with E-state index in [0.717, 1.165) is 32.7 Å². The van der Waals surface area contributed by atoms with Crippen molar-refractivity contribution in [1.29, 1.82) is 0 Å². The van der Waals surface area contributed by atoms with E-state index >= 15 is 0 Å². The number of rotatable bonds is 3. The summed E-state index contributed by atoms with van der Waals surface area (Å²) in [5, 5.41) is 1.03. The van der Waals surface area contributed by atoms with Crippen LogP contribution >= 0.6 is 11.3 Å². The number of aromatic nitrogens is 5. The van der Waals surface area contributed by atoms with E-state index in [4.69, 9.17) is 9.97 Å². The van der Waals surface area contributed by atoms with Crippen LogP contribution < -0.4 is 5.56 Å². The Morgan fingerprint density at radius 1 is 0.818 bits per heavy atom. The molecular formula is C26H17N5OS. The number of thiophene rings is 1. The summed E-state index contributed by atoms with van der Waals surface area (Å²) >= 11 is 1.65. The fourth-order valence-electron chi connectivity index (χ4n) is 3.89. The van der Waals surface area contributed by atoms with Gasteiger partial charge in [-0.3, -0.25) is 14.8 Å². The van der Waals surface area contributed by atoms with Crippen LogP contribution in [0, 0.1) is 6.92 Å². The molecule has 6 rings (SSSR count). The summed E-state index contributed by atoms with van der Waals surface area (Å²) in [6, 6.07) is 21.4. The molecule has 6 nitrogen and oxygen atoms in total. The van der Waals surface area contributed by atoms with Crippen molar-refractivity contribution in [2.75, 3.05) is 0 Å². The van der Waals surface area contributed by atoms with Crippen molar-refractivity contribution in [3.8, 4) is 33.1 Å². The summed E-state index contributed by atoms with van der Waals surface area (Å²) in [6.45, 7) is 2.06. The quantitative estimate of drug-likeness (QED) is 0.380. The molecule has 1 aromatic carbocycles. The third-order valence-corrected chi connectivity index (χ3v) is 6.48. The topological polar surface area (TPSA) is 84.4 Å². The van der Waals surface area contributed by atoms with Gasteiger partial charge in [0.05, 0.1) is 27.3 Å². The lowest BCUT2D eigenvalue weighted by Crippen LogP contribution is -2.11. The van der Waals surface area contributed by atoms with Crippen LogP contribution in [-0.2, 0) is 0 Å². The Morgan fingerprint density at radius 3 is 2.55 bits per heavy atom. The maximum Gasteiger partial charge on any atom is 0.259 e. The molecule has 0 aliphatic rings. The van der Waals surface area contributed by atoms with Gasteiger partial charge in [-0.05, 0) is 55.5 Å². The summed E-state index contributed by atoms with van der Waals surface area (Å²) in [4.78, 5) is 36.5. The molecule has 5 heterocycles. The van der Waals surface area contributed by atoms with Crippen molar-refractivity contribution in [2.24, 2.45) is 0 Å². The van der Waals surface area contributed by atoms with Gasteiger partial charge in [0.2, 0.25) is 0 Å². The highest BCUT2D eigenvalue weighted by Gasteiger charge is 2.17. The number of aryl methyl sites for hydroxylation is 1. The molecule has 0 spiro atoms. The monoisotopic (exact) mass is 447 g/mol. The summed E-state index contributed by atoms with van der Waals surface area (Å²) in [7, 11) is 0. The first kappa shape index (κ1) is 19.5. The highest BCUT2D eigenvalue weighted by atomic mass is 32.1. The molecule has 0 saturated carbocycles. The molecule has 0 radical (unpaired) electrons. The number of hydrogen-bond acceptors (Lipinski definition) is 6.